The van der Waals surface area contributed by atoms with Crippen molar-refractivity contribution >= 4 is 16.6 Å². The zero-order chi connectivity index (χ0) is 16.4. The summed E-state index contributed by atoms with van der Waals surface area (Å²) in [5.74, 6) is -0.603. The van der Waals surface area contributed by atoms with Crippen molar-refractivity contribution in [3.63, 3.8) is 0 Å². The third-order valence-electron chi connectivity index (χ3n) is 3.35. The smallest absolute Gasteiger partial charge is 0.361 e. The Morgan fingerprint density at radius 1 is 1.04 bits per heavy atom. The molecular weight excluding hydrogens is 307 g/mol. The lowest BCUT2D eigenvalue weighted by Gasteiger charge is -2.15. The number of hydrogen-bond donors (Lipinski definition) is 1. The van der Waals surface area contributed by atoms with Crippen LogP contribution in [0.2, 0.25) is 0 Å². The van der Waals surface area contributed by atoms with Crippen LogP contribution in [-0.4, -0.2) is 20.2 Å². The molecule has 23 heavy (non-hydrogen) atoms. The first-order chi connectivity index (χ1) is 10.9. The fourth-order valence-corrected chi connectivity index (χ4v) is 2.13. The lowest BCUT2D eigenvalue weighted by atomic mass is 10.1. The normalized spacial score (nSPS) is 13.0. The van der Waals surface area contributed by atoms with Gasteiger partial charge in [-0.25, -0.2) is 9.97 Å². The van der Waals surface area contributed by atoms with E-state index in [1.807, 2.05) is 24.3 Å². The second-order valence-electron chi connectivity index (χ2n) is 4.98. The van der Waals surface area contributed by atoms with Crippen molar-refractivity contribution in [3.05, 3.63) is 54.2 Å². The van der Waals surface area contributed by atoms with Crippen LogP contribution in [0.25, 0.3) is 10.8 Å². The van der Waals surface area contributed by atoms with Gasteiger partial charge in [-0.3, -0.25) is 0 Å². The lowest BCUT2D eigenvalue weighted by molar-refractivity contribution is -0.145. The number of rotatable bonds is 3. The van der Waals surface area contributed by atoms with Gasteiger partial charge in [0.05, 0.1) is 12.2 Å². The van der Waals surface area contributed by atoms with Crippen LogP contribution >= 0.6 is 0 Å². The molecule has 0 aliphatic rings. The maximum absolute atomic E-state index is 12.5. The third-order valence-corrected chi connectivity index (χ3v) is 3.35. The SMILES string of the molecule is CC(Nc1nncc2ccccc12)c1cnc(C(F)(F)F)nc1. The van der Waals surface area contributed by atoms with Crippen LogP contribution < -0.4 is 5.32 Å². The van der Waals surface area contributed by atoms with Gasteiger partial charge in [-0.1, -0.05) is 24.3 Å². The molecular formula is C15H12F3N5. The minimum absolute atomic E-state index is 0.322. The molecule has 2 heterocycles. The van der Waals surface area contributed by atoms with E-state index in [4.69, 9.17) is 0 Å². The van der Waals surface area contributed by atoms with Gasteiger partial charge >= 0.3 is 6.18 Å². The number of fused-ring (bicyclic) bond motifs is 1. The van der Waals surface area contributed by atoms with E-state index in [2.05, 4.69) is 25.5 Å². The summed E-state index contributed by atoms with van der Waals surface area (Å²) in [7, 11) is 0. The fraction of sp³-hybridized carbons (Fsp3) is 0.200. The van der Waals surface area contributed by atoms with Crippen LogP contribution in [-0.2, 0) is 6.18 Å². The molecule has 0 fully saturated rings. The number of alkyl halides is 3. The standard InChI is InChI=1S/C15H12F3N5/c1-9(11-6-19-14(20-7-11)15(16,17)18)22-13-12-5-3-2-4-10(12)8-21-23-13/h2-9H,1H3,(H,22,23). The number of aromatic nitrogens is 4. The summed E-state index contributed by atoms with van der Waals surface area (Å²) in [6.07, 6.45) is -0.583. The maximum Gasteiger partial charge on any atom is 0.451 e. The highest BCUT2D eigenvalue weighted by Gasteiger charge is 2.34. The summed E-state index contributed by atoms with van der Waals surface area (Å²) >= 11 is 0. The van der Waals surface area contributed by atoms with Gasteiger partial charge in [-0.15, -0.1) is 5.10 Å². The van der Waals surface area contributed by atoms with Gasteiger partial charge in [0, 0.05) is 28.7 Å². The van der Waals surface area contributed by atoms with Crippen molar-refractivity contribution in [2.45, 2.75) is 19.1 Å². The highest BCUT2D eigenvalue weighted by atomic mass is 19.4. The third kappa shape index (κ3) is 3.20. The van der Waals surface area contributed by atoms with Crippen LogP contribution in [0.4, 0.5) is 19.0 Å². The molecule has 3 aromatic rings. The number of benzene rings is 1. The first kappa shape index (κ1) is 15.1. The van der Waals surface area contributed by atoms with Crippen LogP contribution in [0.3, 0.4) is 0 Å². The van der Waals surface area contributed by atoms with Gasteiger partial charge in [-0.2, -0.15) is 18.3 Å². The summed E-state index contributed by atoms with van der Waals surface area (Å²) in [6, 6.07) is 7.24. The van der Waals surface area contributed by atoms with Crippen molar-refractivity contribution in [1.82, 2.24) is 20.2 Å². The van der Waals surface area contributed by atoms with E-state index in [1.54, 1.807) is 13.1 Å². The van der Waals surface area contributed by atoms with Crippen molar-refractivity contribution in [1.29, 1.82) is 0 Å². The predicted octanol–water partition coefficient (Wildman–Crippen LogP) is 3.61. The number of halogens is 3. The number of nitrogens with one attached hydrogen (secondary N) is 1. The van der Waals surface area contributed by atoms with E-state index in [0.717, 1.165) is 23.2 Å². The van der Waals surface area contributed by atoms with Crippen LogP contribution in [0.5, 0.6) is 0 Å². The molecule has 0 radical (unpaired) electrons. The number of hydrogen-bond acceptors (Lipinski definition) is 5. The molecule has 0 spiro atoms. The zero-order valence-corrected chi connectivity index (χ0v) is 12.0. The van der Waals surface area contributed by atoms with Crippen molar-refractivity contribution in [2.24, 2.45) is 0 Å². The Morgan fingerprint density at radius 3 is 2.43 bits per heavy atom. The minimum atomic E-state index is -4.55. The van der Waals surface area contributed by atoms with Crippen molar-refractivity contribution in [3.8, 4) is 0 Å². The second-order valence-corrected chi connectivity index (χ2v) is 4.98. The summed E-state index contributed by atoms with van der Waals surface area (Å²) < 4.78 is 37.4. The van der Waals surface area contributed by atoms with Gasteiger partial charge in [0.25, 0.3) is 0 Å². The average Bonchev–Trinajstić information content (AvgIpc) is 2.54. The average molecular weight is 319 g/mol. The molecule has 0 bridgehead atoms. The fourth-order valence-electron chi connectivity index (χ4n) is 2.13. The summed E-state index contributed by atoms with van der Waals surface area (Å²) in [6.45, 7) is 1.79. The first-order valence-electron chi connectivity index (χ1n) is 6.81. The van der Waals surface area contributed by atoms with Crippen LogP contribution in [0, 0.1) is 0 Å². The van der Waals surface area contributed by atoms with Crippen molar-refractivity contribution < 1.29 is 13.2 Å². The van der Waals surface area contributed by atoms with E-state index in [1.165, 1.54) is 0 Å². The zero-order valence-electron chi connectivity index (χ0n) is 12.0. The summed E-state index contributed by atoms with van der Waals surface area (Å²) in [5, 5.41) is 12.9. The van der Waals surface area contributed by atoms with Gasteiger partial charge in [0.15, 0.2) is 5.82 Å². The quantitative estimate of drug-likeness (QED) is 0.799. The predicted molar refractivity (Wildman–Crippen MR) is 78.6 cm³/mol. The molecule has 0 saturated carbocycles. The molecule has 1 aromatic carbocycles. The molecule has 1 atom stereocenters. The minimum Gasteiger partial charge on any atom is -0.361 e. The highest BCUT2D eigenvalue weighted by Crippen LogP contribution is 2.27. The van der Waals surface area contributed by atoms with Gasteiger partial charge in [0.2, 0.25) is 5.82 Å². The molecule has 2 aromatic heterocycles. The molecule has 0 amide bonds. The monoisotopic (exact) mass is 319 g/mol. The van der Waals surface area contributed by atoms with E-state index in [0.29, 0.717) is 11.4 Å². The Labute approximate surface area is 129 Å². The topological polar surface area (TPSA) is 63.6 Å². The number of nitrogens with zero attached hydrogens (tertiary/aromatic N) is 4. The molecule has 3 rings (SSSR count). The Morgan fingerprint density at radius 2 is 1.74 bits per heavy atom. The second kappa shape index (κ2) is 5.79. The maximum atomic E-state index is 12.5. The van der Waals surface area contributed by atoms with Crippen LogP contribution in [0.1, 0.15) is 24.4 Å². The highest BCUT2D eigenvalue weighted by molar-refractivity contribution is 5.90. The van der Waals surface area contributed by atoms with E-state index < -0.39 is 12.0 Å². The largest absolute Gasteiger partial charge is 0.451 e. The van der Waals surface area contributed by atoms with E-state index in [9.17, 15) is 13.2 Å². The summed E-state index contributed by atoms with van der Waals surface area (Å²) in [5.41, 5.74) is 0.521. The Balaban J connectivity index is 1.85. The Kier molecular flexibility index (Phi) is 3.81. The van der Waals surface area contributed by atoms with Gasteiger partial charge in [0.1, 0.15) is 0 Å². The van der Waals surface area contributed by atoms with Gasteiger partial charge in [-0.05, 0) is 6.92 Å². The molecule has 118 valence electrons. The van der Waals surface area contributed by atoms with Gasteiger partial charge < -0.3 is 5.32 Å². The molecule has 0 aliphatic heterocycles. The first-order valence-corrected chi connectivity index (χ1v) is 6.81. The Bertz CT molecular complexity index is 812. The van der Waals surface area contributed by atoms with E-state index >= 15 is 0 Å². The molecule has 0 saturated heterocycles. The lowest BCUT2D eigenvalue weighted by Crippen LogP contribution is -2.14. The molecule has 5 nitrogen and oxygen atoms in total. The molecule has 8 heteroatoms. The molecule has 0 aliphatic carbocycles. The molecule has 1 unspecified atom stereocenters. The Hall–Kier alpha value is -2.77. The van der Waals surface area contributed by atoms with Crippen molar-refractivity contribution in [2.75, 3.05) is 5.32 Å². The van der Waals surface area contributed by atoms with E-state index in [-0.39, 0.29) is 6.04 Å². The van der Waals surface area contributed by atoms with Crippen LogP contribution in [0.15, 0.2) is 42.9 Å². The number of anilines is 1. The summed E-state index contributed by atoms with van der Waals surface area (Å²) in [4.78, 5) is 6.73. The molecule has 1 N–H and O–H groups in total.